The molecule has 140 valence electrons. The molecule has 0 saturated carbocycles. The first-order valence-electron chi connectivity index (χ1n) is 9.03. The zero-order chi connectivity index (χ0) is 18.4. The normalized spacial score (nSPS) is 18.6. The van der Waals surface area contributed by atoms with Crippen molar-refractivity contribution >= 4 is 17.3 Å². The number of rotatable bonds is 8. The largest absolute Gasteiger partial charge is 0.491 e. The van der Waals surface area contributed by atoms with E-state index in [0.29, 0.717) is 30.5 Å². The first-order valence-corrected chi connectivity index (χ1v) is 9.91. The molecule has 1 aliphatic rings. The lowest BCUT2D eigenvalue weighted by Crippen LogP contribution is -2.35. The summed E-state index contributed by atoms with van der Waals surface area (Å²) in [6, 6.07) is 11.5. The monoisotopic (exact) mass is 375 g/mol. The van der Waals surface area contributed by atoms with Gasteiger partial charge in [-0.25, -0.2) is 4.79 Å². The van der Waals surface area contributed by atoms with Crippen molar-refractivity contribution in [3.63, 3.8) is 0 Å². The molecule has 1 aromatic heterocycles. The van der Waals surface area contributed by atoms with E-state index in [1.807, 2.05) is 0 Å². The lowest BCUT2D eigenvalue weighted by molar-refractivity contribution is 0.0525. The van der Waals surface area contributed by atoms with Crippen molar-refractivity contribution in [3.05, 3.63) is 52.2 Å². The predicted octanol–water partition coefficient (Wildman–Crippen LogP) is 3.50. The van der Waals surface area contributed by atoms with E-state index in [1.54, 1.807) is 42.5 Å². The van der Waals surface area contributed by atoms with Gasteiger partial charge in [0.05, 0.1) is 12.2 Å². The van der Waals surface area contributed by atoms with Crippen molar-refractivity contribution in [2.24, 2.45) is 0 Å². The molecule has 5 nitrogen and oxygen atoms in total. The van der Waals surface area contributed by atoms with Gasteiger partial charge < -0.3 is 14.6 Å². The first-order chi connectivity index (χ1) is 12.7. The second-order valence-corrected chi connectivity index (χ2v) is 7.36. The topological polar surface area (TPSA) is 59.0 Å². The molecule has 1 fully saturated rings. The van der Waals surface area contributed by atoms with Gasteiger partial charge in [0.1, 0.15) is 18.5 Å². The summed E-state index contributed by atoms with van der Waals surface area (Å²) in [5.41, 5.74) is 0.496. The van der Waals surface area contributed by atoms with Crippen LogP contribution in [0.2, 0.25) is 0 Å². The van der Waals surface area contributed by atoms with Gasteiger partial charge in [-0.05, 0) is 62.0 Å². The molecule has 2 atom stereocenters. The van der Waals surface area contributed by atoms with Crippen molar-refractivity contribution in [2.75, 3.05) is 26.3 Å². The van der Waals surface area contributed by atoms with Gasteiger partial charge in [0.2, 0.25) is 0 Å². The molecule has 1 saturated heterocycles. The molecule has 0 radical (unpaired) electrons. The third-order valence-electron chi connectivity index (χ3n) is 4.49. The number of esters is 1. The highest BCUT2D eigenvalue weighted by molar-refractivity contribution is 7.10. The number of benzene rings is 1. The van der Waals surface area contributed by atoms with Crippen LogP contribution < -0.4 is 4.74 Å². The molecule has 6 heteroatoms. The van der Waals surface area contributed by atoms with Crippen molar-refractivity contribution < 1.29 is 19.4 Å². The lowest BCUT2D eigenvalue weighted by Gasteiger charge is -2.26. The Morgan fingerprint density at radius 1 is 1.35 bits per heavy atom. The fraction of sp³-hybridized carbons (Fsp3) is 0.450. The highest BCUT2D eigenvalue weighted by atomic mass is 32.1. The maximum Gasteiger partial charge on any atom is 0.338 e. The third-order valence-corrected chi connectivity index (χ3v) is 5.46. The zero-order valence-corrected chi connectivity index (χ0v) is 15.8. The molecule has 0 aliphatic carbocycles. The van der Waals surface area contributed by atoms with Gasteiger partial charge in [-0.2, -0.15) is 0 Å². The summed E-state index contributed by atoms with van der Waals surface area (Å²) in [6.45, 7) is 3.97. The number of β-amino-alcohol motifs (C(OH)–C–C–N with tert-alkyl or cyclic N) is 1. The molecular weight excluding hydrogens is 350 g/mol. The molecule has 0 bridgehead atoms. The van der Waals surface area contributed by atoms with Crippen LogP contribution in [0.4, 0.5) is 0 Å². The number of ether oxygens (including phenoxy) is 2. The summed E-state index contributed by atoms with van der Waals surface area (Å²) < 4.78 is 10.6. The minimum absolute atomic E-state index is 0.229. The van der Waals surface area contributed by atoms with Crippen LogP contribution in [0.15, 0.2) is 41.8 Å². The molecule has 26 heavy (non-hydrogen) atoms. The van der Waals surface area contributed by atoms with Gasteiger partial charge in [0.25, 0.3) is 0 Å². The van der Waals surface area contributed by atoms with Crippen LogP contribution in [-0.2, 0) is 4.74 Å². The van der Waals surface area contributed by atoms with Crippen molar-refractivity contribution in [1.82, 2.24) is 4.90 Å². The van der Waals surface area contributed by atoms with Crippen LogP contribution in [0.3, 0.4) is 0 Å². The molecule has 2 heterocycles. The summed E-state index contributed by atoms with van der Waals surface area (Å²) in [4.78, 5) is 15.3. The summed E-state index contributed by atoms with van der Waals surface area (Å²) in [7, 11) is 0. The molecule has 2 aromatic rings. The quantitative estimate of drug-likeness (QED) is 0.716. The second-order valence-electron chi connectivity index (χ2n) is 6.38. The average molecular weight is 375 g/mol. The van der Waals surface area contributed by atoms with Crippen LogP contribution in [0.1, 0.15) is 41.0 Å². The predicted molar refractivity (Wildman–Crippen MR) is 102 cm³/mol. The van der Waals surface area contributed by atoms with Gasteiger partial charge in [-0.3, -0.25) is 4.90 Å². The van der Waals surface area contributed by atoms with Crippen LogP contribution in [0, 0.1) is 0 Å². The van der Waals surface area contributed by atoms with Gasteiger partial charge in [-0.15, -0.1) is 11.3 Å². The molecule has 1 aliphatic heterocycles. The number of hydrogen-bond donors (Lipinski definition) is 1. The maximum absolute atomic E-state index is 11.6. The Hall–Kier alpha value is -1.89. The van der Waals surface area contributed by atoms with Crippen LogP contribution in [0.25, 0.3) is 0 Å². The Bertz CT molecular complexity index is 686. The molecule has 0 unspecified atom stereocenters. The Labute approximate surface area is 158 Å². The molecule has 1 aromatic carbocycles. The Kier molecular flexibility index (Phi) is 6.66. The van der Waals surface area contributed by atoms with E-state index in [0.717, 1.165) is 19.4 Å². The SMILES string of the molecule is CCOC(=O)c1ccc(OC[C@H](O)CN2CCC[C@@H]2c2cccs2)cc1. The number of likely N-dealkylation sites (tertiary alicyclic amines) is 1. The first kappa shape index (κ1) is 18.9. The van der Waals surface area contributed by atoms with Gasteiger partial charge >= 0.3 is 5.97 Å². The van der Waals surface area contributed by atoms with Gasteiger partial charge in [-0.1, -0.05) is 6.07 Å². The third kappa shape index (κ3) is 4.84. The highest BCUT2D eigenvalue weighted by Gasteiger charge is 2.28. The van der Waals surface area contributed by atoms with Crippen LogP contribution in [-0.4, -0.2) is 48.4 Å². The van der Waals surface area contributed by atoms with Crippen molar-refractivity contribution in [2.45, 2.75) is 31.9 Å². The summed E-state index contributed by atoms with van der Waals surface area (Å²) in [6.07, 6.45) is 1.75. The number of thiophene rings is 1. The summed E-state index contributed by atoms with van der Waals surface area (Å²) in [5, 5.41) is 12.5. The summed E-state index contributed by atoms with van der Waals surface area (Å²) >= 11 is 1.78. The fourth-order valence-corrected chi connectivity index (χ4v) is 4.16. The van der Waals surface area contributed by atoms with Crippen molar-refractivity contribution in [3.8, 4) is 5.75 Å². The van der Waals surface area contributed by atoms with E-state index < -0.39 is 6.10 Å². The van der Waals surface area contributed by atoms with Crippen LogP contribution >= 0.6 is 11.3 Å². The summed E-state index contributed by atoms with van der Waals surface area (Å²) in [5.74, 6) is 0.293. The average Bonchev–Trinajstić information content (AvgIpc) is 3.32. The maximum atomic E-state index is 11.6. The van der Waals surface area contributed by atoms with E-state index >= 15 is 0 Å². The Morgan fingerprint density at radius 3 is 2.85 bits per heavy atom. The van der Waals surface area contributed by atoms with Gasteiger partial charge in [0.15, 0.2) is 0 Å². The number of aliphatic hydroxyl groups is 1. The number of carbonyl (C=O) groups excluding carboxylic acids is 1. The molecular formula is C20H25NO4S. The molecule has 0 spiro atoms. The standard InChI is InChI=1S/C20H25NO4S/c1-2-24-20(23)15-7-9-17(10-8-15)25-14-16(22)13-21-11-3-5-18(21)19-6-4-12-26-19/h4,6-10,12,16,18,22H,2-3,5,11,13-14H2,1H3/t16-,18-/m1/s1. The van der Waals surface area contributed by atoms with E-state index in [4.69, 9.17) is 9.47 Å². The van der Waals surface area contributed by atoms with E-state index in [-0.39, 0.29) is 12.6 Å². The minimum atomic E-state index is -0.555. The number of aliphatic hydroxyl groups excluding tert-OH is 1. The van der Waals surface area contributed by atoms with Gasteiger partial charge in [0, 0.05) is 17.5 Å². The van der Waals surface area contributed by atoms with Crippen molar-refractivity contribution in [1.29, 1.82) is 0 Å². The molecule has 3 rings (SSSR count). The van der Waals surface area contributed by atoms with E-state index in [2.05, 4.69) is 22.4 Å². The smallest absolute Gasteiger partial charge is 0.338 e. The fourth-order valence-electron chi connectivity index (χ4n) is 3.27. The Balaban J connectivity index is 1.48. The Morgan fingerprint density at radius 2 is 2.15 bits per heavy atom. The number of nitrogens with zero attached hydrogens (tertiary/aromatic N) is 1. The van der Waals surface area contributed by atoms with Crippen LogP contribution in [0.5, 0.6) is 5.75 Å². The minimum Gasteiger partial charge on any atom is -0.491 e. The number of hydrogen-bond acceptors (Lipinski definition) is 6. The van der Waals surface area contributed by atoms with E-state index in [9.17, 15) is 9.90 Å². The molecule has 0 amide bonds. The second kappa shape index (κ2) is 9.16. The van der Waals surface area contributed by atoms with E-state index in [1.165, 1.54) is 4.88 Å². The lowest BCUT2D eigenvalue weighted by atomic mass is 10.2. The zero-order valence-electron chi connectivity index (χ0n) is 15.0. The molecule has 1 N–H and O–H groups in total. The highest BCUT2D eigenvalue weighted by Crippen LogP contribution is 2.34. The number of carbonyl (C=O) groups is 1.